The molecule has 0 spiro atoms. The molecule has 0 saturated heterocycles. The first kappa shape index (κ1) is 14.4. The molecule has 0 aliphatic heterocycles. The maximum Gasteiger partial charge on any atom is 0.0922 e. The van der Waals surface area contributed by atoms with Crippen LogP contribution in [0.1, 0.15) is 5.56 Å². The highest BCUT2D eigenvalue weighted by Crippen LogP contribution is 2.39. The van der Waals surface area contributed by atoms with Gasteiger partial charge in [-0.05, 0) is 12.1 Å². The second-order valence-corrected chi connectivity index (χ2v) is 5.28. The standard InChI is InChI=1S/C13H6Cl4N2/c14-8-2-1-3-9(15)11(8)13-12(17)7(4-5-18)10(16)6-19-13/h1-3,6H,4H2. The van der Waals surface area contributed by atoms with E-state index in [0.29, 0.717) is 36.9 Å². The molecule has 0 N–H and O–H groups in total. The smallest absolute Gasteiger partial charge is 0.0922 e. The first-order valence-corrected chi connectivity index (χ1v) is 6.71. The summed E-state index contributed by atoms with van der Waals surface area (Å²) in [5.74, 6) is 0. The molecule has 2 rings (SSSR count). The van der Waals surface area contributed by atoms with E-state index in [9.17, 15) is 0 Å². The largest absolute Gasteiger partial charge is 0.253 e. The van der Waals surface area contributed by atoms with Crippen LogP contribution in [0.4, 0.5) is 0 Å². The Morgan fingerprint density at radius 1 is 1.05 bits per heavy atom. The van der Waals surface area contributed by atoms with Gasteiger partial charge in [-0.25, -0.2) is 0 Å². The number of pyridine rings is 1. The van der Waals surface area contributed by atoms with E-state index in [1.54, 1.807) is 18.2 Å². The quantitative estimate of drug-likeness (QED) is 0.735. The molecule has 0 atom stereocenters. The van der Waals surface area contributed by atoms with Crippen LogP contribution in [0, 0.1) is 11.3 Å². The van der Waals surface area contributed by atoms with Crippen molar-refractivity contribution in [2.24, 2.45) is 0 Å². The molecule has 0 aliphatic carbocycles. The lowest BCUT2D eigenvalue weighted by Gasteiger charge is -2.11. The first-order valence-electron chi connectivity index (χ1n) is 5.20. The van der Waals surface area contributed by atoms with Crippen molar-refractivity contribution in [2.45, 2.75) is 6.42 Å². The van der Waals surface area contributed by atoms with Gasteiger partial charge < -0.3 is 0 Å². The number of rotatable bonds is 2. The van der Waals surface area contributed by atoms with E-state index in [4.69, 9.17) is 51.7 Å². The van der Waals surface area contributed by atoms with Gasteiger partial charge in [0, 0.05) is 17.3 Å². The minimum atomic E-state index is 0.0925. The van der Waals surface area contributed by atoms with E-state index < -0.39 is 0 Å². The zero-order chi connectivity index (χ0) is 14.0. The van der Waals surface area contributed by atoms with Gasteiger partial charge in [-0.1, -0.05) is 52.5 Å². The molecule has 0 unspecified atom stereocenters. The molecule has 0 radical (unpaired) electrons. The molecule has 6 heteroatoms. The molecule has 2 aromatic rings. The van der Waals surface area contributed by atoms with Crippen molar-refractivity contribution in [1.29, 1.82) is 5.26 Å². The Morgan fingerprint density at radius 2 is 1.68 bits per heavy atom. The van der Waals surface area contributed by atoms with Gasteiger partial charge in [0.15, 0.2) is 0 Å². The number of hydrogen-bond donors (Lipinski definition) is 0. The third kappa shape index (κ3) is 2.80. The molecule has 19 heavy (non-hydrogen) atoms. The van der Waals surface area contributed by atoms with Crippen LogP contribution in [-0.2, 0) is 6.42 Å². The van der Waals surface area contributed by atoms with Crippen LogP contribution in [0.3, 0.4) is 0 Å². The number of nitrogens with zero attached hydrogens (tertiary/aromatic N) is 2. The van der Waals surface area contributed by atoms with E-state index in [2.05, 4.69) is 4.98 Å². The number of aromatic nitrogens is 1. The van der Waals surface area contributed by atoms with Crippen LogP contribution in [-0.4, -0.2) is 4.98 Å². The molecule has 0 aliphatic rings. The van der Waals surface area contributed by atoms with Crippen LogP contribution in [0.5, 0.6) is 0 Å². The number of hydrogen-bond acceptors (Lipinski definition) is 2. The second kappa shape index (κ2) is 5.98. The average molecular weight is 332 g/mol. The van der Waals surface area contributed by atoms with E-state index in [0.717, 1.165) is 0 Å². The van der Waals surface area contributed by atoms with Gasteiger partial charge in [-0.15, -0.1) is 0 Å². The van der Waals surface area contributed by atoms with Crippen molar-refractivity contribution in [3.05, 3.63) is 50.0 Å². The normalized spacial score (nSPS) is 10.3. The van der Waals surface area contributed by atoms with Crippen LogP contribution >= 0.6 is 46.4 Å². The molecular weight excluding hydrogens is 326 g/mol. The summed E-state index contributed by atoms with van der Waals surface area (Å²) in [6.07, 6.45) is 1.53. The van der Waals surface area contributed by atoms with E-state index in [-0.39, 0.29) is 6.42 Å². The van der Waals surface area contributed by atoms with Gasteiger partial charge in [-0.3, -0.25) is 4.98 Å². The molecule has 96 valence electrons. The summed E-state index contributed by atoms with van der Waals surface area (Å²) in [7, 11) is 0. The van der Waals surface area contributed by atoms with Gasteiger partial charge >= 0.3 is 0 Å². The lowest BCUT2D eigenvalue weighted by molar-refractivity contribution is 1.21. The van der Waals surface area contributed by atoms with Crippen molar-refractivity contribution < 1.29 is 0 Å². The van der Waals surface area contributed by atoms with Crippen molar-refractivity contribution in [2.75, 3.05) is 0 Å². The molecule has 1 aromatic heterocycles. The van der Waals surface area contributed by atoms with Gasteiger partial charge in [0.25, 0.3) is 0 Å². The zero-order valence-electron chi connectivity index (χ0n) is 9.42. The monoisotopic (exact) mass is 330 g/mol. The summed E-state index contributed by atoms with van der Waals surface area (Å²) < 4.78 is 0. The molecule has 0 fully saturated rings. The Balaban J connectivity index is 2.71. The van der Waals surface area contributed by atoms with Gasteiger partial charge in [-0.2, -0.15) is 5.26 Å². The third-order valence-electron chi connectivity index (χ3n) is 2.52. The SMILES string of the molecule is N#CCc1c(Cl)cnc(-c2c(Cl)cccc2Cl)c1Cl. The molecule has 1 heterocycles. The maximum atomic E-state index is 8.80. The van der Waals surface area contributed by atoms with Crippen LogP contribution in [0.15, 0.2) is 24.4 Å². The number of nitriles is 1. The summed E-state index contributed by atoms with van der Waals surface area (Å²) in [6.45, 7) is 0. The molecule has 0 amide bonds. The molecule has 2 nitrogen and oxygen atoms in total. The average Bonchev–Trinajstić information content (AvgIpc) is 2.37. The van der Waals surface area contributed by atoms with Gasteiger partial charge in [0.1, 0.15) is 0 Å². The fourth-order valence-electron chi connectivity index (χ4n) is 1.64. The molecule has 0 bridgehead atoms. The summed E-state index contributed by atoms with van der Waals surface area (Å²) >= 11 is 24.5. The minimum absolute atomic E-state index is 0.0925. The predicted molar refractivity (Wildman–Crippen MR) is 79.0 cm³/mol. The molecule has 1 aromatic carbocycles. The summed E-state index contributed by atoms with van der Waals surface area (Å²) in [6, 6.07) is 7.13. The number of halogens is 4. The van der Waals surface area contributed by atoms with Gasteiger partial charge in [0.2, 0.25) is 0 Å². The maximum absolute atomic E-state index is 8.80. The molecular formula is C13H6Cl4N2. The van der Waals surface area contributed by atoms with E-state index >= 15 is 0 Å². The number of benzene rings is 1. The second-order valence-electron chi connectivity index (χ2n) is 3.68. The van der Waals surface area contributed by atoms with Crippen LogP contribution in [0.2, 0.25) is 20.1 Å². The van der Waals surface area contributed by atoms with Crippen molar-refractivity contribution in [1.82, 2.24) is 4.98 Å². The summed E-state index contributed by atoms with van der Waals surface area (Å²) in [4.78, 5) is 4.17. The molecule has 0 saturated carbocycles. The van der Waals surface area contributed by atoms with Crippen LogP contribution < -0.4 is 0 Å². The lowest BCUT2D eigenvalue weighted by atomic mass is 10.1. The zero-order valence-corrected chi connectivity index (χ0v) is 12.4. The van der Waals surface area contributed by atoms with E-state index in [1.807, 2.05) is 6.07 Å². The highest BCUT2D eigenvalue weighted by Gasteiger charge is 2.17. The topological polar surface area (TPSA) is 36.7 Å². The third-order valence-corrected chi connectivity index (χ3v) is 3.89. The lowest BCUT2D eigenvalue weighted by Crippen LogP contribution is -1.94. The highest BCUT2D eigenvalue weighted by atomic mass is 35.5. The van der Waals surface area contributed by atoms with Crippen LogP contribution in [0.25, 0.3) is 11.3 Å². The summed E-state index contributed by atoms with van der Waals surface area (Å²) in [5.41, 5.74) is 1.48. The predicted octanol–water partition coefficient (Wildman–Crippen LogP) is 5.43. The Morgan fingerprint density at radius 3 is 2.26 bits per heavy atom. The minimum Gasteiger partial charge on any atom is -0.253 e. The fourth-order valence-corrected chi connectivity index (χ4v) is 2.79. The van der Waals surface area contributed by atoms with Crippen molar-refractivity contribution in [3.63, 3.8) is 0 Å². The Kier molecular flexibility index (Phi) is 4.54. The Bertz CT molecular complexity index is 657. The fraction of sp³-hybridized carbons (Fsp3) is 0.0769. The Hall–Kier alpha value is -0.980. The first-order chi connectivity index (χ1) is 9.06. The Labute approximate surface area is 130 Å². The van der Waals surface area contributed by atoms with Crippen molar-refractivity contribution >= 4 is 46.4 Å². The van der Waals surface area contributed by atoms with E-state index in [1.165, 1.54) is 6.20 Å². The van der Waals surface area contributed by atoms with Crippen molar-refractivity contribution in [3.8, 4) is 17.3 Å². The van der Waals surface area contributed by atoms with Gasteiger partial charge in [0.05, 0.1) is 38.3 Å². The highest BCUT2D eigenvalue weighted by molar-refractivity contribution is 6.41. The summed E-state index contributed by atoms with van der Waals surface area (Å²) in [5, 5.41) is 10.3.